The Morgan fingerprint density at radius 3 is 2.31 bits per heavy atom. The van der Waals surface area contributed by atoms with Crippen molar-refractivity contribution in [3.8, 4) is 0 Å². The summed E-state index contributed by atoms with van der Waals surface area (Å²) in [6, 6.07) is 4.11. The highest BCUT2D eigenvalue weighted by Gasteiger charge is 2.27. The number of benzene rings is 1. The molecule has 2 N–H and O–H groups in total. The number of carbonyl (C=O) groups excluding carboxylic acids is 3. The maximum atomic E-state index is 13.9. The van der Waals surface area contributed by atoms with Crippen molar-refractivity contribution in [2.45, 2.75) is 45.7 Å². The van der Waals surface area contributed by atoms with Crippen LogP contribution >= 0.6 is 0 Å². The largest absolute Gasteiger partial charge is 0.467 e. The highest BCUT2D eigenvalue weighted by Crippen LogP contribution is 2.10. The highest BCUT2D eigenvalue weighted by molar-refractivity contribution is 5.90. The van der Waals surface area contributed by atoms with E-state index in [9.17, 15) is 18.8 Å². The van der Waals surface area contributed by atoms with Gasteiger partial charge in [0.1, 0.15) is 17.9 Å². The Balaban J connectivity index is 2.95. The molecule has 0 aliphatic carbocycles. The van der Waals surface area contributed by atoms with Crippen molar-refractivity contribution in [2.24, 2.45) is 0 Å². The average molecular weight is 364 g/mol. The van der Waals surface area contributed by atoms with Crippen LogP contribution < -0.4 is 10.6 Å². The zero-order chi connectivity index (χ0) is 19.7. The minimum atomic E-state index is -1.01. The molecule has 1 aromatic carbocycles. The maximum Gasteiger partial charge on any atom is 0.328 e. The number of amides is 2. The lowest BCUT2D eigenvalue weighted by atomic mass is 10.0. The summed E-state index contributed by atoms with van der Waals surface area (Å²) < 4.78 is 18.6. The molecule has 0 bridgehead atoms. The van der Waals surface area contributed by atoms with Gasteiger partial charge < -0.3 is 15.4 Å². The van der Waals surface area contributed by atoms with Gasteiger partial charge in [-0.15, -0.1) is 0 Å². The van der Waals surface area contributed by atoms with E-state index in [0.29, 0.717) is 5.56 Å². The third-order valence-electron chi connectivity index (χ3n) is 3.64. The molecule has 1 rings (SSSR count). The first kappa shape index (κ1) is 21.3. The van der Waals surface area contributed by atoms with Crippen LogP contribution in [0.25, 0.3) is 0 Å². The van der Waals surface area contributed by atoms with Crippen molar-refractivity contribution < 1.29 is 23.5 Å². The van der Waals surface area contributed by atoms with Crippen molar-refractivity contribution >= 4 is 17.8 Å². The molecule has 26 heavy (non-hydrogen) atoms. The summed E-state index contributed by atoms with van der Waals surface area (Å²) in [7, 11) is 1.23. The van der Waals surface area contributed by atoms with Crippen LogP contribution in [-0.4, -0.2) is 37.0 Å². The Morgan fingerprint density at radius 2 is 1.77 bits per heavy atom. The van der Waals surface area contributed by atoms with E-state index >= 15 is 0 Å². The van der Waals surface area contributed by atoms with Crippen molar-refractivity contribution in [3.63, 3.8) is 0 Å². The SMILES string of the molecule is COC(=O)[C@H](CC=C(C)C)NC(=O)[C@@H](Cc1ccccc1F)NC(C)=O. The van der Waals surface area contributed by atoms with E-state index in [4.69, 9.17) is 4.74 Å². The molecule has 0 fully saturated rings. The van der Waals surface area contributed by atoms with Gasteiger partial charge in [-0.2, -0.15) is 0 Å². The molecule has 0 unspecified atom stereocenters. The fourth-order valence-electron chi connectivity index (χ4n) is 2.32. The summed E-state index contributed by atoms with van der Waals surface area (Å²) in [4.78, 5) is 35.9. The fourth-order valence-corrected chi connectivity index (χ4v) is 2.32. The monoisotopic (exact) mass is 364 g/mol. The van der Waals surface area contributed by atoms with Gasteiger partial charge in [0, 0.05) is 13.3 Å². The van der Waals surface area contributed by atoms with E-state index in [-0.39, 0.29) is 12.8 Å². The van der Waals surface area contributed by atoms with Crippen LogP contribution in [0.3, 0.4) is 0 Å². The zero-order valence-corrected chi connectivity index (χ0v) is 15.5. The summed E-state index contributed by atoms with van der Waals surface area (Å²) in [5.74, 6) is -2.07. The molecule has 0 spiro atoms. The molecular formula is C19H25FN2O4. The molecule has 2 atom stereocenters. The molecule has 0 aromatic heterocycles. The van der Waals surface area contributed by atoms with Crippen molar-refractivity contribution in [1.29, 1.82) is 0 Å². The number of nitrogens with one attached hydrogen (secondary N) is 2. The van der Waals surface area contributed by atoms with Crippen LogP contribution in [0.15, 0.2) is 35.9 Å². The van der Waals surface area contributed by atoms with Crippen LogP contribution in [-0.2, 0) is 25.5 Å². The van der Waals surface area contributed by atoms with Gasteiger partial charge in [0.05, 0.1) is 7.11 Å². The van der Waals surface area contributed by atoms with Gasteiger partial charge >= 0.3 is 5.97 Å². The maximum absolute atomic E-state index is 13.9. The number of hydrogen-bond acceptors (Lipinski definition) is 4. The van der Waals surface area contributed by atoms with E-state index in [1.165, 1.54) is 20.1 Å². The molecule has 142 valence electrons. The molecule has 0 aliphatic rings. The number of carbonyl (C=O) groups is 3. The van der Waals surface area contributed by atoms with E-state index in [2.05, 4.69) is 10.6 Å². The smallest absolute Gasteiger partial charge is 0.328 e. The highest BCUT2D eigenvalue weighted by atomic mass is 19.1. The minimum Gasteiger partial charge on any atom is -0.467 e. The molecule has 2 amide bonds. The van der Waals surface area contributed by atoms with Crippen LogP contribution in [0, 0.1) is 5.82 Å². The van der Waals surface area contributed by atoms with Gasteiger partial charge in [-0.05, 0) is 31.9 Å². The van der Waals surface area contributed by atoms with Gasteiger partial charge in [0.25, 0.3) is 0 Å². The number of allylic oxidation sites excluding steroid dienone is 1. The standard InChI is InChI=1S/C19H25FN2O4/c1-12(2)9-10-16(19(25)26-4)22-18(24)17(21-13(3)23)11-14-7-5-6-8-15(14)20/h5-9,16-17H,10-11H2,1-4H3,(H,21,23)(H,22,24)/t16-,17+/m0/s1. The molecule has 1 aromatic rings. The summed E-state index contributed by atoms with van der Waals surface area (Å²) in [6.45, 7) is 5.01. The van der Waals surface area contributed by atoms with Crippen molar-refractivity contribution in [3.05, 3.63) is 47.3 Å². The predicted molar refractivity (Wildman–Crippen MR) is 95.7 cm³/mol. The molecule has 0 saturated carbocycles. The Hall–Kier alpha value is -2.70. The van der Waals surface area contributed by atoms with Crippen LogP contribution in [0.4, 0.5) is 4.39 Å². The minimum absolute atomic E-state index is 0.0331. The lowest BCUT2D eigenvalue weighted by molar-refractivity contribution is -0.145. The Kier molecular flexibility index (Phi) is 8.48. The number of esters is 1. The van der Waals surface area contributed by atoms with E-state index in [1.54, 1.807) is 24.3 Å². The topological polar surface area (TPSA) is 84.5 Å². The van der Waals surface area contributed by atoms with Gasteiger partial charge in [0.15, 0.2) is 0 Å². The molecule has 0 radical (unpaired) electrons. The first-order chi connectivity index (χ1) is 12.2. The average Bonchev–Trinajstić information content (AvgIpc) is 2.58. The van der Waals surface area contributed by atoms with Crippen LogP contribution in [0.1, 0.15) is 32.8 Å². The van der Waals surface area contributed by atoms with Gasteiger partial charge in [-0.25, -0.2) is 9.18 Å². The summed E-state index contributed by atoms with van der Waals surface area (Å²) in [6.07, 6.45) is 2.02. The summed E-state index contributed by atoms with van der Waals surface area (Å²) in [5.41, 5.74) is 1.28. The van der Waals surface area contributed by atoms with Gasteiger partial charge in [0.2, 0.25) is 11.8 Å². The number of ether oxygens (including phenoxy) is 1. The number of rotatable bonds is 8. The quantitative estimate of drug-likeness (QED) is 0.545. The Labute approximate surface area is 152 Å². The van der Waals surface area contributed by atoms with Crippen molar-refractivity contribution in [2.75, 3.05) is 7.11 Å². The molecule has 0 heterocycles. The Bertz CT molecular complexity index is 684. The van der Waals surface area contributed by atoms with Gasteiger partial charge in [-0.1, -0.05) is 29.8 Å². The normalized spacial score (nSPS) is 12.5. The fraction of sp³-hybridized carbons (Fsp3) is 0.421. The van der Waals surface area contributed by atoms with Crippen LogP contribution in [0.5, 0.6) is 0 Å². The third-order valence-corrected chi connectivity index (χ3v) is 3.64. The van der Waals surface area contributed by atoms with E-state index in [0.717, 1.165) is 5.57 Å². The lowest BCUT2D eigenvalue weighted by Gasteiger charge is -2.21. The molecule has 0 saturated heterocycles. The number of halogens is 1. The summed E-state index contributed by atoms with van der Waals surface area (Å²) >= 11 is 0. The van der Waals surface area contributed by atoms with Crippen LogP contribution in [0.2, 0.25) is 0 Å². The second-order valence-electron chi connectivity index (χ2n) is 6.15. The predicted octanol–water partition coefficient (Wildman–Crippen LogP) is 1.89. The molecule has 0 aliphatic heterocycles. The summed E-state index contributed by atoms with van der Waals surface area (Å²) in [5, 5.41) is 5.07. The molecular weight excluding hydrogens is 339 g/mol. The second kappa shape index (κ2) is 10.3. The van der Waals surface area contributed by atoms with E-state index in [1.807, 2.05) is 13.8 Å². The van der Waals surface area contributed by atoms with Crippen molar-refractivity contribution in [1.82, 2.24) is 10.6 Å². The van der Waals surface area contributed by atoms with E-state index < -0.39 is 35.7 Å². The Morgan fingerprint density at radius 1 is 1.12 bits per heavy atom. The molecule has 7 heteroatoms. The number of methoxy groups -OCH3 is 1. The first-order valence-corrected chi connectivity index (χ1v) is 8.26. The third kappa shape index (κ3) is 7.04. The molecule has 6 nitrogen and oxygen atoms in total. The van der Waals surface area contributed by atoms with Gasteiger partial charge in [-0.3, -0.25) is 9.59 Å². The lowest BCUT2D eigenvalue weighted by Crippen LogP contribution is -2.52. The zero-order valence-electron chi connectivity index (χ0n) is 15.5. The number of hydrogen-bond donors (Lipinski definition) is 2. The second-order valence-corrected chi connectivity index (χ2v) is 6.15. The first-order valence-electron chi connectivity index (χ1n) is 8.26.